The first kappa shape index (κ1) is 15.4. The summed E-state index contributed by atoms with van der Waals surface area (Å²) in [6, 6.07) is -1.15. The van der Waals surface area contributed by atoms with Crippen LogP contribution in [0, 0.1) is 0 Å². The van der Waals surface area contributed by atoms with Crippen LogP contribution in [0.4, 0.5) is 0 Å². The second-order valence-electron chi connectivity index (χ2n) is 4.42. The highest BCUT2D eigenvalue weighted by molar-refractivity contribution is 5.85. The van der Waals surface area contributed by atoms with E-state index in [0.29, 0.717) is 0 Å². The van der Waals surface area contributed by atoms with Crippen LogP contribution in [0.1, 0.15) is 12.8 Å². The molecule has 1 atom stereocenters. The predicted molar refractivity (Wildman–Crippen MR) is 65.7 cm³/mol. The first-order chi connectivity index (χ1) is 8.99. The van der Waals surface area contributed by atoms with Crippen LogP contribution in [0.15, 0.2) is 0 Å². The topological polar surface area (TPSA) is 119 Å². The molecule has 1 amide bonds. The molecular weight excluding hydrogens is 254 g/mol. The minimum atomic E-state index is -1.21. The van der Waals surface area contributed by atoms with Crippen LogP contribution in [0.2, 0.25) is 0 Å². The van der Waals surface area contributed by atoms with Gasteiger partial charge in [-0.15, -0.1) is 0 Å². The van der Waals surface area contributed by atoms with Gasteiger partial charge in [0.2, 0.25) is 5.91 Å². The second-order valence-corrected chi connectivity index (χ2v) is 4.42. The zero-order chi connectivity index (χ0) is 14.3. The van der Waals surface area contributed by atoms with Crippen molar-refractivity contribution < 1.29 is 24.6 Å². The molecule has 0 bridgehead atoms. The van der Waals surface area contributed by atoms with Crippen LogP contribution in [-0.2, 0) is 14.4 Å². The van der Waals surface area contributed by atoms with Crippen molar-refractivity contribution in [2.45, 2.75) is 18.9 Å². The van der Waals surface area contributed by atoms with Crippen molar-refractivity contribution >= 4 is 17.8 Å². The minimum absolute atomic E-state index is 0.113. The van der Waals surface area contributed by atoms with Crippen LogP contribution in [0.5, 0.6) is 0 Å². The van der Waals surface area contributed by atoms with Gasteiger partial charge >= 0.3 is 11.9 Å². The largest absolute Gasteiger partial charge is 0.481 e. The van der Waals surface area contributed by atoms with Crippen molar-refractivity contribution in [3.8, 4) is 0 Å². The van der Waals surface area contributed by atoms with Gasteiger partial charge in [0.05, 0.1) is 6.54 Å². The SMILES string of the molecule is O=C(O)CCC(NC(=O)CN1CCNCC1)C(=O)O. The minimum Gasteiger partial charge on any atom is -0.481 e. The van der Waals surface area contributed by atoms with Gasteiger partial charge in [-0.05, 0) is 6.42 Å². The maximum absolute atomic E-state index is 11.7. The fourth-order valence-corrected chi connectivity index (χ4v) is 1.84. The average Bonchev–Trinajstić information content (AvgIpc) is 2.35. The Hall–Kier alpha value is -1.67. The number of amides is 1. The molecular formula is C11H19N3O5. The maximum Gasteiger partial charge on any atom is 0.326 e. The summed E-state index contributed by atoms with van der Waals surface area (Å²) in [6.07, 6.45) is -0.400. The van der Waals surface area contributed by atoms with Crippen molar-refractivity contribution in [3.63, 3.8) is 0 Å². The molecule has 4 N–H and O–H groups in total. The number of hydrogen-bond donors (Lipinski definition) is 4. The predicted octanol–water partition coefficient (Wildman–Crippen LogP) is -1.67. The summed E-state index contributed by atoms with van der Waals surface area (Å²) >= 11 is 0. The summed E-state index contributed by atoms with van der Waals surface area (Å²) in [5, 5.41) is 22.9. The maximum atomic E-state index is 11.7. The van der Waals surface area contributed by atoms with Crippen LogP contribution in [0.3, 0.4) is 0 Å². The molecule has 1 rings (SSSR count). The Kier molecular flexibility index (Phi) is 6.23. The van der Waals surface area contributed by atoms with Gasteiger partial charge in [-0.2, -0.15) is 0 Å². The van der Waals surface area contributed by atoms with Gasteiger partial charge in [0.25, 0.3) is 0 Å². The summed E-state index contributed by atoms with van der Waals surface area (Å²) in [5.41, 5.74) is 0. The number of carbonyl (C=O) groups excluding carboxylic acids is 1. The van der Waals surface area contributed by atoms with Crippen molar-refractivity contribution in [1.82, 2.24) is 15.5 Å². The Morgan fingerprint density at radius 3 is 2.37 bits per heavy atom. The highest BCUT2D eigenvalue weighted by Gasteiger charge is 2.22. The average molecular weight is 273 g/mol. The number of hydrogen-bond acceptors (Lipinski definition) is 5. The Morgan fingerprint density at radius 2 is 1.84 bits per heavy atom. The van der Waals surface area contributed by atoms with Crippen LogP contribution >= 0.6 is 0 Å². The third-order valence-corrected chi connectivity index (χ3v) is 2.86. The second kappa shape index (κ2) is 7.70. The molecule has 108 valence electrons. The van der Waals surface area contributed by atoms with E-state index in [0.717, 1.165) is 26.2 Å². The molecule has 1 unspecified atom stereocenters. The van der Waals surface area contributed by atoms with Crippen molar-refractivity contribution in [1.29, 1.82) is 0 Å². The first-order valence-electron chi connectivity index (χ1n) is 6.16. The number of nitrogens with zero attached hydrogens (tertiary/aromatic N) is 1. The lowest BCUT2D eigenvalue weighted by molar-refractivity contribution is -0.143. The molecule has 0 aromatic carbocycles. The molecule has 0 aromatic heterocycles. The molecule has 8 heteroatoms. The highest BCUT2D eigenvalue weighted by Crippen LogP contribution is 1.99. The van der Waals surface area contributed by atoms with Gasteiger partial charge in [-0.25, -0.2) is 4.79 Å². The fraction of sp³-hybridized carbons (Fsp3) is 0.727. The molecule has 1 heterocycles. The molecule has 1 aliphatic heterocycles. The van der Waals surface area contributed by atoms with Crippen LogP contribution in [0.25, 0.3) is 0 Å². The quantitative estimate of drug-likeness (QED) is 0.437. The summed E-state index contributed by atoms with van der Waals surface area (Å²) < 4.78 is 0. The molecule has 8 nitrogen and oxygen atoms in total. The van der Waals surface area contributed by atoms with E-state index < -0.39 is 18.0 Å². The summed E-state index contributed by atoms with van der Waals surface area (Å²) in [4.78, 5) is 34.9. The van der Waals surface area contributed by atoms with E-state index in [-0.39, 0.29) is 25.3 Å². The molecule has 0 aliphatic carbocycles. The van der Waals surface area contributed by atoms with E-state index in [9.17, 15) is 14.4 Å². The molecule has 19 heavy (non-hydrogen) atoms. The number of carboxylic acid groups (broad SMARTS) is 2. The van der Waals surface area contributed by atoms with Gasteiger partial charge < -0.3 is 20.8 Å². The molecule has 0 spiro atoms. The zero-order valence-electron chi connectivity index (χ0n) is 10.6. The number of aliphatic carboxylic acids is 2. The third-order valence-electron chi connectivity index (χ3n) is 2.86. The normalized spacial score (nSPS) is 17.7. The smallest absolute Gasteiger partial charge is 0.326 e. The monoisotopic (exact) mass is 273 g/mol. The van der Waals surface area contributed by atoms with E-state index in [1.165, 1.54) is 0 Å². The highest BCUT2D eigenvalue weighted by atomic mass is 16.4. The van der Waals surface area contributed by atoms with Crippen molar-refractivity contribution in [3.05, 3.63) is 0 Å². The molecule has 0 aromatic rings. The van der Waals surface area contributed by atoms with E-state index in [1.807, 2.05) is 4.90 Å². The molecule has 1 fully saturated rings. The standard InChI is InChI=1S/C11H19N3O5/c15-9(7-14-5-3-12-4-6-14)13-8(11(18)19)1-2-10(16)17/h8,12H,1-7H2,(H,13,15)(H,16,17)(H,18,19). The number of carboxylic acids is 2. The van der Waals surface area contributed by atoms with Gasteiger partial charge in [0.15, 0.2) is 0 Å². The van der Waals surface area contributed by atoms with Gasteiger partial charge in [-0.1, -0.05) is 0 Å². The van der Waals surface area contributed by atoms with Gasteiger partial charge in [0, 0.05) is 32.6 Å². The lowest BCUT2D eigenvalue weighted by Gasteiger charge is -2.27. The summed E-state index contributed by atoms with van der Waals surface area (Å²) in [7, 11) is 0. The van der Waals surface area contributed by atoms with E-state index in [2.05, 4.69) is 10.6 Å². The Bertz CT molecular complexity index is 341. The lowest BCUT2D eigenvalue weighted by atomic mass is 10.1. The van der Waals surface area contributed by atoms with Crippen LogP contribution < -0.4 is 10.6 Å². The zero-order valence-corrected chi connectivity index (χ0v) is 10.6. The molecule has 1 aliphatic rings. The van der Waals surface area contributed by atoms with Crippen molar-refractivity contribution in [2.24, 2.45) is 0 Å². The van der Waals surface area contributed by atoms with E-state index in [4.69, 9.17) is 10.2 Å². The molecule has 0 radical (unpaired) electrons. The molecule has 0 saturated carbocycles. The number of carbonyl (C=O) groups is 3. The lowest BCUT2D eigenvalue weighted by Crippen LogP contribution is -2.50. The Balaban J connectivity index is 2.37. The third kappa shape index (κ3) is 6.16. The number of piperazine rings is 1. The fourth-order valence-electron chi connectivity index (χ4n) is 1.84. The Labute approximate surface area is 110 Å². The van der Waals surface area contributed by atoms with Crippen molar-refractivity contribution in [2.75, 3.05) is 32.7 Å². The molecule has 1 saturated heterocycles. The summed E-state index contributed by atoms with van der Waals surface area (Å²) in [5.74, 6) is -2.68. The Morgan fingerprint density at radius 1 is 1.21 bits per heavy atom. The number of rotatable bonds is 7. The van der Waals surface area contributed by atoms with E-state index in [1.54, 1.807) is 0 Å². The van der Waals surface area contributed by atoms with Gasteiger partial charge in [-0.3, -0.25) is 14.5 Å². The summed E-state index contributed by atoms with van der Waals surface area (Å²) in [6.45, 7) is 3.21. The van der Waals surface area contributed by atoms with E-state index >= 15 is 0 Å². The van der Waals surface area contributed by atoms with Gasteiger partial charge in [0.1, 0.15) is 6.04 Å². The first-order valence-corrected chi connectivity index (χ1v) is 6.16. The number of nitrogens with one attached hydrogen (secondary N) is 2. The van der Waals surface area contributed by atoms with Crippen LogP contribution in [-0.4, -0.2) is 71.7 Å².